The van der Waals surface area contributed by atoms with Crippen LogP contribution in [0, 0.1) is 5.92 Å². The topological polar surface area (TPSA) is 38.7 Å². The van der Waals surface area contributed by atoms with Crippen LogP contribution in [0.25, 0.3) is 0 Å². The van der Waals surface area contributed by atoms with E-state index in [2.05, 4.69) is 0 Å². The van der Waals surface area contributed by atoms with Gasteiger partial charge in [0, 0.05) is 6.61 Å². The Morgan fingerprint density at radius 3 is 2.25 bits per heavy atom. The molecule has 0 bridgehead atoms. The maximum Gasteiger partial charge on any atom is 0.0796 e. The Labute approximate surface area is 74.7 Å². The van der Waals surface area contributed by atoms with Crippen molar-refractivity contribution < 1.29 is 14.6 Å². The minimum absolute atomic E-state index is 0.261. The van der Waals surface area contributed by atoms with Crippen molar-refractivity contribution >= 4 is 0 Å². The van der Waals surface area contributed by atoms with Gasteiger partial charge in [0.2, 0.25) is 0 Å². The molecule has 0 aliphatic heterocycles. The van der Waals surface area contributed by atoms with Crippen molar-refractivity contribution in [2.24, 2.45) is 5.92 Å². The van der Waals surface area contributed by atoms with Crippen molar-refractivity contribution in [3.63, 3.8) is 0 Å². The Kier molecular flexibility index (Phi) is 7.45. The van der Waals surface area contributed by atoms with Crippen LogP contribution in [-0.2, 0) is 9.47 Å². The van der Waals surface area contributed by atoms with Crippen LogP contribution in [0.4, 0.5) is 0 Å². The van der Waals surface area contributed by atoms with Gasteiger partial charge in [-0.05, 0) is 12.8 Å². The molecule has 0 aromatic carbocycles. The van der Waals surface area contributed by atoms with Gasteiger partial charge in [-0.2, -0.15) is 0 Å². The summed E-state index contributed by atoms with van der Waals surface area (Å²) < 4.78 is 10.3. The quantitative estimate of drug-likeness (QED) is 0.589. The smallest absolute Gasteiger partial charge is 0.0796 e. The summed E-state index contributed by atoms with van der Waals surface area (Å²) in [5.41, 5.74) is 0. The Balaban J connectivity index is 3.08. The Morgan fingerprint density at radius 2 is 1.75 bits per heavy atom. The number of aliphatic hydroxyl groups excluding tert-OH is 1. The zero-order valence-electron chi connectivity index (χ0n) is 8.25. The molecule has 0 rings (SSSR count). The molecule has 0 aromatic rings. The molecule has 0 heterocycles. The highest BCUT2D eigenvalue weighted by Crippen LogP contribution is 2.00. The molecule has 0 saturated heterocycles. The third-order valence-corrected chi connectivity index (χ3v) is 1.63. The van der Waals surface area contributed by atoms with Crippen LogP contribution in [-0.4, -0.2) is 37.6 Å². The number of hydrogen-bond donors (Lipinski definition) is 1. The Bertz CT molecular complexity index is 93.8. The van der Waals surface area contributed by atoms with Gasteiger partial charge in [-0.25, -0.2) is 0 Å². The first-order chi connectivity index (χ1) is 5.68. The predicted octanol–water partition coefficient (Wildman–Crippen LogP) is 1.06. The maximum atomic E-state index is 9.32. The van der Waals surface area contributed by atoms with Gasteiger partial charge in [-0.15, -0.1) is 0 Å². The average Bonchev–Trinajstić information content (AvgIpc) is 2.03. The first-order valence-electron chi connectivity index (χ1n) is 4.52. The highest BCUT2D eigenvalue weighted by atomic mass is 16.5. The average molecular weight is 176 g/mol. The van der Waals surface area contributed by atoms with Crippen LogP contribution in [0.2, 0.25) is 0 Å². The second kappa shape index (κ2) is 7.53. The summed E-state index contributed by atoms with van der Waals surface area (Å²) in [6.45, 7) is 8.19. The van der Waals surface area contributed by atoms with Gasteiger partial charge >= 0.3 is 0 Å². The van der Waals surface area contributed by atoms with Gasteiger partial charge in [0.1, 0.15) is 0 Å². The van der Waals surface area contributed by atoms with Crippen LogP contribution >= 0.6 is 0 Å². The molecule has 1 atom stereocenters. The summed E-state index contributed by atoms with van der Waals surface area (Å²) in [6.07, 6.45) is -0.355. The fourth-order valence-electron chi connectivity index (χ4n) is 0.659. The lowest BCUT2D eigenvalue weighted by atomic mass is 10.1. The van der Waals surface area contributed by atoms with Crippen molar-refractivity contribution in [2.45, 2.75) is 26.9 Å². The molecule has 12 heavy (non-hydrogen) atoms. The molecule has 0 saturated carbocycles. The zero-order chi connectivity index (χ0) is 9.40. The van der Waals surface area contributed by atoms with Gasteiger partial charge in [0.15, 0.2) is 0 Å². The van der Waals surface area contributed by atoms with E-state index in [1.165, 1.54) is 0 Å². The van der Waals surface area contributed by atoms with Gasteiger partial charge < -0.3 is 14.6 Å². The lowest BCUT2D eigenvalue weighted by Gasteiger charge is -2.14. The van der Waals surface area contributed by atoms with E-state index in [1.54, 1.807) is 0 Å². The molecule has 1 unspecified atom stereocenters. The third-order valence-electron chi connectivity index (χ3n) is 1.63. The molecule has 1 N–H and O–H groups in total. The maximum absolute atomic E-state index is 9.32. The van der Waals surface area contributed by atoms with E-state index in [0.717, 1.165) is 6.61 Å². The molecule has 0 aromatic heterocycles. The van der Waals surface area contributed by atoms with Gasteiger partial charge in [0.05, 0.1) is 25.9 Å². The summed E-state index contributed by atoms with van der Waals surface area (Å²) in [4.78, 5) is 0. The molecule has 74 valence electrons. The second-order valence-corrected chi connectivity index (χ2v) is 3.08. The van der Waals surface area contributed by atoms with Crippen LogP contribution in [0.15, 0.2) is 0 Å². The summed E-state index contributed by atoms with van der Waals surface area (Å²) >= 11 is 0. The number of aliphatic hydroxyl groups is 1. The minimum atomic E-state index is -0.355. The van der Waals surface area contributed by atoms with Crippen LogP contribution in [0.3, 0.4) is 0 Å². The van der Waals surface area contributed by atoms with Crippen LogP contribution < -0.4 is 0 Å². The van der Waals surface area contributed by atoms with Gasteiger partial charge in [0.25, 0.3) is 0 Å². The first-order valence-corrected chi connectivity index (χ1v) is 4.52. The molecule has 0 fully saturated rings. The van der Waals surface area contributed by atoms with Crippen LogP contribution in [0.5, 0.6) is 0 Å². The highest BCUT2D eigenvalue weighted by Gasteiger charge is 2.07. The molecule has 0 radical (unpaired) electrons. The monoisotopic (exact) mass is 176 g/mol. The van der Waals surface area contributed by atoms with E-state index in [0.29, 0.717) is 19.8 Å². The number of ether oxygens (including phenoxy) is 2. The molecule has 3 heteroatoms. The summed E-state index contributed by atoms with van der Waals surface area (Å²) in [5.74, 6) is 0.261. The molecule has 0 amide bonds. The molecular weight excluding hydrogens is 156 g/mol. The van der Waals surface area contributed by atoms with Crippen molar-refractivity contribution in [1.29, 1.82) is 0 Å². The Hall–Kier alpha value is -0.120. The summed E-state index contributed by atoms with van der Waals surface area (Å²) in [5, 5.41) is 9.32. The van der Waals surface area contributed by atoms with E-state index >= 15 is 0 Å². The number of hydrogen-bond acceptors (Lipinski definition) is 3. The third kappa shape index (κ3) is 6.58. The zero-order valence-corrected chi connectivity index (χ0v) is 8.25. The van der Waals surface area contributed by atoms with Gasteiger partial charge in [-0.3, -0.25) is 0 Å². The van der Waals surface area contributed by atoms with E-state index in [1.807, 2.05) is 20.8 Å². The second-order valence-electron chi connectivity index (χ2n) is 3.08. The lowest BCUT2D eigenvalue weighted by molar-refractivity contribution is -0.00953. The van der Waals surface area contributed by atoms with E-state index < -0.39 is 0 Å². The summed E-state index contributed by atoms with van der Waals surface area (Å²) in [7, 11) is 0. The largest absolute Gasteiger partial charge is 0.390 e. The van der Waals surface area contributed by atoms with Gasteiger partial charge in [-0.1, -0.05) is 13.8 Å². The normalized spacial score (nSPS) is 13.8. The highest BCUT2D eigenvalue weighted by molar-refractivity contribution is 4.57. The van der Waals surface area contributed by atoms with E-state index in [9.17, 15) is 5.11 Å². The molecule has 0 aliphatic carbocycles. The standard InChI is InChI=1S/C9H20O3/c1-4-11-5-6-12-7-9(10)8(2)3/h8-10H,4-7H2,1-3H3. The summed E-state index contributed by atoms with van der Waals surface area (Å²) in [6, 6.07) is 0. The van der Waals surface area contributed by atoms with E-state index in [4.69, 9.17) is 9.47 Å². The molecular formula is C9H20O3. The fraction of sp³-hybridized carbons (Fsp3) is 1.00. The van der Waals surface area contributed by atoms with Crippen LogP contribution in [0.1, 0.15) is 20.8 Å². The lowest BCUT2D eigenvalue weighted by Crippen LogP contribution is -2.22. The van der Waals surface area contributed by atoms with Crippen molar-refractivity contribution in [3.8, 4) is 0 Å². The minimum Gasteiger partial charge on any atom is -0.390 e. The predicted molar refractivity (Wildman–Crippen MR) is 48.2 cm³/mol. The SMILES string of the molecule is CCOCCOCC(O)C(C)C. The van der Waals surface area contributed by atoms with Crippen molar-refractivity contribution in [2.75, 3.05) is 26.4 Å². The number of rotatable bonds is 7. The molecule has 0 spiro atoms. The fourth-order valence-corrected chi connectivity index (χ4v) is 0.659. The Morgan fingerprint density at radius 1 is 1.17 bits per heavy atom. The molecule has 0 aliphatic rings. The molecule has 3 nitrogen and oxygen atoms in total. The van der Waals surface area contributed by atoms with E-state index in [-0.39, 0.29) is 12.0 Å². The van der Waals surface area contributed by atoms with Crippen molar-refractivity contribution in [1.82, 2.24) is 0 Å². The first kappa shape index (κ1) is 11.9. The van der Waals surface area contributed by atoms with Crippen molar-refractivity contribution in [3.05, 3.63) is 0 Å².